The molecule has 116 valence electrons. The van der Waals surface area contributed by atoms with E-state index in [1.165, 1.54) is 10.9 Å². The van der Waals surface area contributed by atoms with Crippen LogP contribution in [0.4, 0.5) is 0 Å². The van der Waals surface area contributed by atoms with Crippen molar-refractivity contribution in [3.63, 3.8) is 0 Å². The van der Waals surface area contributed by atoms with E-state index in [-0.39, 0.29) is 11.6 Å². The number of carbonyl (C=O) groups is 2. The summed E-state index contributed by atoms with van der Waals surface area (Å²) in [5.41, 5.74) is 0.685. The zero-order chi connectivity index (χ0) is 16.3. The van der Waals surface area contributed by atoms with Crippen molar-refractivity contribution in [3.8, 4) is 5.69 Å². The summed E-state index contributed by atoms with van der Waals surface area (Å²) in [6.07, 6.45) is 1.42. The van der Waals surface area contributed by atoms with E-state index in [0.29, 0.717) is 10.7 Å². The highest BCUT2D eigenvalue weighted by Gasteiger charge is 2.25. The van der Waals surface area contributed by atoms with Gasteiger partial charge in [-0.15, -0.1) is 5.10 Å². The van der Waals surface area contributed by atoms with E-state index in [0.717, 1.165) is 0 Å². The van der Waals surface area contributed by atoms with Gasteiger partial charge in [-0.2, -0.15) is 0 Å². The Balaban J connectivity index is 2.17. The predicted molar refractivity (Wildman–Crippen MR) is 80.1 cm³/mol. The maximum atomic E-state index is 12.1. The third-order valence-electron chi connectivity index (χ3n) is 3.02. The van der Waals surface area contributed by atoms with Gasteiger partial charge in [-0.25, -0.2) is 9.48 Å². The van der Waals surface area contributed by atoms with E-state index in [9.17, 15) is 9.59 Å². The molecule has 22 heavy (non-hydrogen) atoms. The lowest BCUT2D eigenvalue weighted by atomic mass is 10.0. The van der Waals surface area contributed by atoms with Crippen molar-refractivity contribution < 1.29 is 14.7 Å². The lowest BCUT2D eigenvalue weighted by Gasteiger charge is -2.16. The van der Waals surface area contributed by atoms with E-state index in [1.54, 1.807) is 38.1 Å². The van der Waals surface area contributed by atoms with Gasteiger partial charge in [0.05, 0.1) is 11.9 Å². The SMILES string of the molecule is CC(C)[C@H](NC(=O)c1cn(-c2cccc(Cl)c2)nn1)C(=O)O. The summed E-state index contributed by atoms with van der Waals surface area (Å²) >= 11 is 5.90. The Hall–Kier alpha value is -2.41. The second kappa shape index (κ2) is 6.57. The molecule has 8 heteroatoms. The first-order valence-electron chi connectivity index (χ1n) is 6.60. The smallest absolute Gasteiger partial charge is 0.326 e. The molecule has 0 fully saturated rings. The fraction of sp³-hybridized carbons (Fsp3) is 0.286. The van der Waals surface area contributed by atoms with Crippen LogP contribution in [0.3, 0.4) is 0 Å². The molecule has 2 N–H and O–H groups in total. The van der Waals surface area contributed by atoms with Crippen molar-refractivity contribution >= 4 is 23.5 Å². The number of aromatic nitrogens is 3. The Labute approximate surface area is 131 Å². The molecule has 1 amide bonds. The highest BCUT2D eigenvalue weighted by molar-refractivity contribution is 6.30. The molecule has 7 nitrogen and oxygen atoms in total. The normalized spacial score (nSPS) is 12.2. The van der Waals surface area contributed by atoms with Crippen molar-refractivity contribution in [3.05, 3.63) is 41.2 Å². The second-order valence-corrected chi connectivity index (χ2v) is 5.50. The Bertz CT molecular complexity index is 699. The van der Waals surface area contributed by atoms with Crippen molar-refractivity contribution in [2.75, 3.05) is 0 Å². The number of rotatable bonds is 5. The molecule has 0 unspecified atom stereocenters. The van der Waals surface area contributed by atoms with Gasteiger partial charge in [-0.1, -0.05) is 36.7 Å². The summed E-state index contributed by atoms with van der Waals surface area (Å²) < 4.78 is 1.39. The van der Waals surface area contributed by atoms with Crippen LogP contribution in [-0.4, -0.2) is 38.0 Å². The Kier molecular flexibility index (Phi) is 4.77. The van der Waals surface area contributed by atoms with Crippen LogP contribution in [0.15, 0.2) is 30.5 Å². The molecular formula is C14H15ClN4O3. The van der Waals surface area contributed by atoms with Gasteiger partial charge in [0.1, 0.15) is 6.04 Å². The lowest BCUT2D eigenvalue weighted by Crippen LogP contribution is -2.44. The highest BCUT2D eigenvalue weighted by Crippen LogP contribution is 2.14. The molecule has 0 aliphatic carbocycles. The fourth-order valence-electron chi connectivity index (χ4n) is 1.84. The summed E-state index contributed by atoms with van der Waals surface area (Å²) in [4.78, 5) is 23.2. The van der Waals surface area contributed by atoms with Gasteiger partial charge in [0.15, 0.2) is 5.69 Å². The third kappa shape index (κ3) is 3.62. The molecule has 0 saturated carbocycles. The molecular weight excluding hydrogens is 308 g/mol. The molecule has 0 bridgehead atoms. The maximum absolute atomic E-state index is 12.1. The number of nitrogens with zero attached hydrogens (tertiary/aromatic N) is 3. The lowest BCUT2D eigenvalue weighted by molar-refractivity contribution is -0.140. The molecule has 2 aromatic rings. The Morgan fingerprint density at radius 2 is 2.09 bits per heavy atom. The van der Waals surface area contributed by atoms with E-state index >= 15 is 0 Å². The minimum Gasteiger partial charge on any atom is -0.480 e. The van der Waals surface area contributed by atoms with E-state index < -0.39 is 17.9 Å². The molecule has 1 heterocycles. The maximum Gasteiger partial charge on any atom is 0.326 e. The van der Waals surface area contributed by atoms with Crippen molar-refractivity contribution in [2.45, 2.75) is 19.9 Å². The highest BCUT2D eigenvalue weighted by atomic mass is 35.5. The number of aliphatic carboxylic acids is 1. The summed E-state index contributed by atoms with van der Waals surface area (Å²) in [5, 5.41) is 19.6. The molecule has 1 aromatic heterocycles. The van der Waals surface area contributed by atoms with Gasteiger partial charge >= 0.3 is 5.97 Å². The van der Waals surface area contributed by atoms with Crippen LogP contribution >= 0.6 is 11.6 Å². The first-order chi connectivity index (χ1) is 10.4. The molecule has 0 saturated heterocycles. The molecule has 1 aromatic carbocycles. The number of nitrogens with one attached hydrogen (secondary N) is 1. The number of carboxylic acid groups (broad SMARTS) is 1. The molecule has 0 spiro atoms. The summed E-state index contributed by atoms with van der Waals surface area (Å²) in [6, 6.07) is 5.92. The average molecular weight is 323 g/mol. The van der Waals surface area contributed by atoms with Crippen LogP contribution in [0.2, 0.25) is 5.02 Å². The molecule has 0 aliphatic rings. The van der Waals surface area contributed by atoms with Gasteiger partial charge in [0, 0.05) is 5.02 Å². The summed E-state index contributed by atoms with van der Waals surface area (Å²) in [7, 11) is 0. The van der Waals surface area contributed by atoms with Crippen LogP contribution in [0.1, 0.15) is 24.3 Å². The third-order valence-corrected chi connectivity index (χ3v) is 3.25. The van der Waals surface area contributed by atoms with Crippen LogP contribution in [0.5, 0.6) is 0 Å². The number of hydrogen-bond acceptors (Lipinski definition) is 4. The molecule has 2 rings (SSSR count). The van der Waals surface area contributed by atoms with Gasteiger partial charge in [-0.3, -0.25) is 4.79 Å². The number of halogens is 1. The Morgan fingerprint density at radius 3 is 2.68 bits per heavy atom. The topological polar surface area (TPSA) is 97.1 Å². The van der Waals surface area contributed by atoms with Crippen LogP contribution < -0.4 is 5.32 Å². The van der Waals surface area contributed by atoms with Gasteiger partial charge in [0.25, 0.3) is 5.91 Å². The van der Waals surface area contributed by atoms with Crippen molar-refractivity contribution in [1.82, 2.24) is 20.3 Å². The standard InChI is InChI=1S/C14H15ClN4O3/c1-8(2)12(14(21)22)16-13(20)11-7-19(18-17-11)10-5-3-4-9(15)6-10/h3-8,12H,1-2H3,(H,16,20)(H,21,22)/t12-/m0/s1. The fourth-order valence-corrected chi connectivity index (χ4v) is 2.03. The van der Waals surface area contributed by atoms with Crippen molar-refractivity contribution in [2.24, 2.45) is 5.92 Å². The second-order valence-electron chi connectivity index (χ2n) is 5.06. The van der Waals surface area contributed by atoms with Crippen molar-refractivity contribution in [1.29, 1.82) is 0 Å². The summed E-state index contributed by atoms with van der Waals surface area (Å²) in [5.74, 6) is -1.93. The number of amides is 1. The van der Waals surface area contributed by atoms with Crippen LogP contribution in [0.25, 0.3) is 5.69 Å². The minimum atomic E-state index is -1.09. The first kappa shape index (κ1) is 16.0. The Morgan fingerprint density at radius 1 is 1.36 bits per heavy atom. The monoisotopic (exact) mass is 322 g/mol. The van der Waals surface area contributed by atoms with Gasteiger partial charge in [0.2, 0.25) is 0 Å². The zero-order valence-electron chi connectivity index (χ0n) is 12.0. The van der Waals surface area contributed by atoms with E-state index in [1.807, 2.05) is 0 Å². The summed E-state index contributed by atoms with van der Waals surface area (Å²) in [6.45, 7) is 3.42. The van der Waals surface area contributed by atoms with Crippen LogP contribution in [0, 0.1) is 5.92 Å². The van der Waals surface area contributed by atoms with Crippen LogP contribution in [-0.2, 0) is 4.79 Å². The molecule has 1 atom stereocenters. The molecule has 0 radical (unpaired) electrons. The quantitative estimate of drug-likeness (QED) is 0.874. The number of carbonyl (C=O) groups excluding carboxylic acids is 1. The van der Waals surface area contributed by atoms with Gasteiger partial charge < -0.3 is 10.4 Å². The first-order valence-corrected chi connectivity index (χ1v) is 6.98. The number of hydrogen-bond donors (Lipinski definition) is 2. The predicted octanol–water partition coefficient (Wildman–Crippen LogP) is 1.76. The largest absolute Gasteiger partial charge is 0.480 e. The number of benzene rings is 1. The van der Waals surface area contributed by atoms with E-state index in [4.69, 9.17) is 16.7 Å². The number of carboxylic acids is 1. The van der Waals surface area contributed by atoms with E-state index in [2.05, 4.69) is 15.6 Å². The zero-order valence-corrected chi connectivity index (χ0v) is 12.8. The minimum absolute atomic E-state index is 0.0341. The molecule has 0 aliphatic heterocycles. The van der Waals surface area contributed by atoms with Gasteiger partial charge in [-0.05, 0) is 24.1 Å². The average Bonchev–Trinajstić information content (AvgIpc) is 2.93.